The summed E-state index contributed by atoms with van der Waals surface area (Å²) in [5.41, 5.74) is 0. The summed E-state index contributed by atoms with van der Waals surface area (Å²) in [4.78, 5) is 22.2. The topological polar surface area (TPSA) is 54.4 Å². The van der Waals surface area contributed by atoms with Gasteiger partial charge in [0.25, 0.3) is 0 Å². The third-order valence-corrected chi connectivity index (χ3v) is 9.76. The number of carbonyl (C=O) groups is 2. The highest BCUT2D eigenvalue weighted by molar-refractivity contribution is 5.69. The number of aliphatic carboxylic acids is 1. The zero-order valence-electron chi connectivity index (χ0n) is 18.3. The molecule has 0 atom stereocenters. The highest BCUT2D eigenvalue weighted by Crippen LogP contribution is 2.48. The second kappa shape index (κ2) is 9.96. The Morgan fingerprint density at radius 3 is 1.07 bits per heavy atom. The van der Waals surface area contributed by atoms with Gasteiger partial charge in [-0.3, -0.25) is 4.79 Å². The van der Waals surface area contributed by atoms with Crippen LogP contribution in [0.1, 0.15) is 103 Å². The predicted octanol–water partition coefficient (Wildman–Crippen LogP) is 6.50. The Labute approximate surface area is 177 Å². The Bertz CT molecular complexity index is 526. The number of carboxylic acid groups (broad SMARTS) is 1. The van der Waals surface area contributed by atoms with Gasteiger partial charge in [-0.15, -0.1) is 0 Å². The van der Waals surface area contributed by atoms with Gasteiger partial charge >= 0.3 is 5.97 Å². The van der Waals surface area contributed by atoms with Crippen molar-refractivity contribution < 1.29 is 14.7 Å². The fourth-order valence-electron chi connectivity index (χ4n) is 7.77. The van der Waals surface area contributed by atoms with Crippen LogP contribution in [0.2, 0.25) is 0 Å². The number of hydrogen-bond donors (Lipinski definition) is 1. The van der Waals surface area contributed by atoms with Gasteiger partial charge in [-0.1, -0.05) is 0 Å². The molecule has 4 rings (SSSR count). The molecule has 3 nitrogen and oxygen atoms in total. The van der Waals surface area contributed by atoms with Crippen molar-refractivity contribution in [2.45, 2.75) is 103 Å². The van der Waals surface area contributed by atoms with Crippen LogP contribution in [0.25, 0.3) is 0 Å². The summed E-state index contributed by atoms with van der Waals surface area (Å²) in [5.74, 6) is 5.20. The van der Waals surface area contributed by atoms with E-state index in [9.17, 15) is 14.7 Å². The molecular formula is C26H42O3. The van der Waals surface area contributed by atoms with Crippen LogP contribution in [0.15, 0.2) is 0 Å². The number of carbonyl (C=O) groups excluding carboxylic acids is 1. The van der Waals surface area contributed by atoms with Crippen LogP contribution in [-0.2, 0) is 9.59 Å². The van der Waals surface area contributed by atoms with Gasteiger partial charge in [-0.2, -0.15) is 0 Å². The van der Waals surface area contributed by atoms with Crippen LogP contribution in [0.3, 0.4) is 0 Å². The van der Waals surface area contributed by atoms with Crippen LogP contribution in [0.4, 0.5) is 0 Å². The molecule has 0 saturated heterocycles. The summed E-state index contributed by atoms with van der Waals surface area (Å²) < 4.78 is 0. The van der Waals surface area contributed by atoms with Crippen molar-refractivity contribution in [1.29, 1.82) is 0 Å². The van der Waals surface area contributed by atoms with Crippen molar-refractivity contribution in [3.05, 3.63) is 0 Å². The van der Waals surface area contributed by atoms with Gasteiger partial charge in [-0.05, 0) is 138 Å². The molecule has 0 heterocycles. The molecule has 4 aliphatic rings. The maximum absolute atomic E-state index is 11.2. The van der Waals surface area contributed by atoms with Crippen molar-refractivity contribution in [1.82, 2.24) is 0 Å². The largest absolute Gasteiger partial charge is 0.481 e. The minimum absolute atomic E-state index is 0.0636. The summed E-state index contributed by atoms with van der Waals surface area (Å²) in [5, 5.41) is 9.22. The van der Waals surface area contributed by atoms with Crippen molar-refractivity contribution in [3.63, 3.8) is 0 Å². The summed E-state index contributed by atoms with van der Waals surface area (Å²) in [6.07, 6.45) is 21.7. The van der Waals surface area contributed by atoms with E-state index in [4.69, 9.17) is 0 Å². The van der Waals surface area contributed by atoms with Crippen molar-refractivity contribution >= 4 is 12.3 Å². The van der Waals surface area contributed by atoms with Crippen molar-refractivity contribution in [2.24, 2.45) is 47.3 Å². The first-order chi connectivity index (χ1) is 14.1. The first kappa shape index (κ1) is 21.4. The van der Waals surface area contributed by atoms with Gasteiger partial charge in [0, 0.05) is 5.92 Å². The van der Waals surface area contributed by atoms with Gasteiger partial charge in [-0.25, -0.2) is 0 Å². The Balaban J connectivity index is 1.16. The summed E-state index contributed by atoms with van der Waals surface area (Å²) in [7, 11) is 0. The first-order valence-corrected chi connectivity index (χ1v) is 12.8. The summed E-state index contributed by atoms with van der Waals surface area (Å²) in [6, 6.07) is 0. The summed E-state index contributed by atoms with van der Waals surface area (Å²) >= 11 is 0. The van der Waals surface area contributed by atoms with E-state index >= 15 is 0 Å². The molecule has 0 radical (unpaired) electrons. The quantitative estimate of drug-likeness (QED) is 0.534. The second-order valence-corrected chi connectivity index (χ2v) is 11.1. The fourth-order valence-corrected chi connectivity index (χ4v) is 7.77. The lowest BCUT2D eigenvalue weighted by molar-refractivity contribution is -0.143. The molecule has 4 aliphatic carbocycles. The van der Waals surface area contributed by atoms with Gasteiger partial charge in [0.15, 0.2) is 0 Å². The molecule has 0 bridgehead atoms. The molecule has 0 aliphatic heterocycles. The van der Waals surface area contributed by atoms with Gasteiger partial charge in [0.1, 0.15) is 6.29 Å². The lowest BCUT2D eigenvalue weighted by Crippen LogP contribution is -2.32. The van der Waals surface area contributed by atoms with Crippen molar-refractivity contribution in [3.8, 4) is 0 Å². The Morgan fingerprint density at radius 2 is 0.793 bits per heavy atom. The van der Waals surface area contributed by atoms with Gasteiger partial charge in [0.05, 0.1) is 5.92 Å². The smallest absolute Gasteiger partial charge is 0.306 e. The molecule has 0 spiro atoms. The average Bonchev–Trinajstić information content (AvgIpc) is 2.79. The second-order valence-electron chi connectivity index (χ2n) is 11.1. The molecule has 29 heavy (non-hydrogen) atoms. The highest BCUT2D eigenvalue weighted by atomic mass is 16.4. The maximum Gasteiger partial charge on any atom is 0.306 e. The van der Waals surface area contributed by atoms with E-state index in [1.807, 2.05) is 0 Å². The lowest BCUT2D eigenvalue weighted by atomic mass is 9.63. The number of carboxylic acids is 1. The van der Waals surface area contributed by atoms with E-state index in [2.05, 4.69) is 0 Å². The van der Waals surface area contributed by atoms with E-state index in [1.165, 1.54) is 70.5 Å². The van der Waals surface area contributed by atoms with Gasteiger partial charge in [0.2, 0.25) is 0 Å². The average molecular weight is 403 g/mol. The number of hydrogen-bond acceptors (Lipinski definition) is 2. The third-order valence-electron chi connectivity index (χ3n) is 9.76. The van der Waals surface area contributed by atoms with Crippen LogP contribution < -0.4 is 0 Å². The van der Waals surface area contributed by atoms with E-state index in [-0.39, 0.29) is 5.92 Å². The Hall–Kier alpha value is -0.860. The molecule has 0 amide bonds. The molecule has 4 fully saturated rings. The fraction of sp³-hybridized carbons (Fsp3) is 0.923. The first-order valence-electron chi connectivity index (χ1n) is 12.8. The molecule has 4 saturated carbocycles. The lowest BCUT2D eigenvalue weighted by Gasteiger charge is -2.42. The highest BCUT2D eigenvalue weighted by Gasteiger charge is 2.37. The molecule has 3 heteroatoms. The van der Waals surface area contributed by atoms with Crippen LogP contribution >= 0.6 is 0 Å². The number of aldehydes is 1. The number of rotatable bonds is 5. The van der Waals surface area contributed by atoms with E-state index in [0.29, 0.717) is 5.92 Å². The SMILES string of the molecule is O=CC1CCC(C2CCC(C3CCC(C4CCC(C(=O)O)CC4)CC3)CC2)CC1. The molecule has 0 aromatic rings. The van der Waals surface area contributed by atoms with E-state index in [1.54, 1.807) is 0 Å². The predicted molar refractivity (Wildman–Crippen MR) is 115 cm³/mol. The maximum atomic E-state index is 11.2. The Kier molecular flexibility index (Phi) is 7.34. The normalized spacial score (nSPS) is 44.1. The minimum Gasteiger partial charge on any atom is -0.481 e. The van der Waals surface area contributed by atoms with E-state index in [0.717, 1.165) is 74.0 Å². The monoisotopic (exact) mass is 402 g/mol. The zero-order valence-corrected chi connectivity index (χ0v) is 18.3. The van der Waals surface area contributed by atoms with Crippen molar-refractivity contribution in [2.75, 3.05) is 0 Å². The minimum atomic E-state index is -0.570. The van der Waals surface area contributed by atoms with Crippen LogP contribution in [0, 0.1) is 47.3 Å². The Morgan fingerprint density at radius 1 is 0.517 bits per heavy atom. The molecule has 0 aromatic heterocycles. The molecule has 164 valence electrons. The van der Waals surface area contributed by atoms with Crippen LogP contribution in [-0.4, -0.2) is 17.4 Å². The molecule has 0 unspecified atom stereocenters. The van der Waals surface area contributed by atoms with E-state index < -0.39 is 5.97 Å². The molecule has 0 aromatic carbocycles. The summed E-state index contributed by atoms with van der Waals surface area (Å²) in [6.45, 7) is 0. The molecular weight excluding hydrogens is 360 g/mol. The standard InChI is InChI=1S/C26H42O3/c27-17-18-1-3-19(4-2-18)20-5-7-21(8-6-20)22-9-11-23(12-10-22)24-13-15-25(16-14-24)26(28)29/h17-25H,1-16H2,(H,28,29). The zero-order chi connectivity index (χ0) is 20.2. The third kappa shape index (κ3) is 5.25. The molecule has 1 N–H and O–H groups in total. The van der Waals surface area contributed by atoms with Crippen LogP contribution in [0.5, 0.6) is 0 Å². The van der Waals surface area contributed by atoms with Gasteiger partial charge < -0.3 is 9.90 Å².